The van der Waals surface area contributed by atoms with Gasteiger partial charge < -0.3 is 27.5 Å². The van der Waals surface area contributed by atoms with Crippen molar-refractivity contribution in [3.63, 3.8) is 0 Å². The quantitative estimate of drug-likeness (QED) is 0.245. The Kier molecular flexibility index (Phi) is 12.1. The number of ether oxygens (including phenoxy) is 2. The van der Waals surface area contributed by atoms with E-state index in [1.807, 2.05) is 12.2 Å². The van der Waals surface area contributed by atoms with Crippen molar-refractivity contribution >= 4 is 10.4 Å². The van der Waals surface area contributed by atoms with E-state index < -0.39 is 10.4 Å². The lowest BCUT2D eigenvalue weighted by Gasteiger charge is -2.43. The SMILES string of the molecule is C=CC1COCC[N+]1(C)Cc1ccccc1.C=CC1COCC[N+]1(C)Cc1ccccc1.O=S(=O)([O-])[O-]. The Morgan fingerprint density at radius 1 is 0.784 bits per heavy atom. The van der Waals surface area contributed by atoms with Crippen molar-refractivity contribution in [1.29, 1.82) is 0 Å². The van der Waals surface area contributed by atoms with E-state index in [-0.39, 0.29) is 0 Å². The average molecular weight is 533 g/mol. The first kappa shape index (κ1) is 30.9. The summed E-state index contributed by atoms with van der Waals surface area (Å²) in [4.78, 5) is 0. The number of rotatable bonds is 6. The van der Waals surface area contributed by atoms with E-state index in [2.05, 4.69) is 87.9 Å². The van der Waals surface area contributed by atoms with Gasteiger partial charge in [-0.1, -0.05) is 73.8 Å². The normalized spacial score (nSPS) is 27.5. The topological polar surface area (TPSA) is 98.7 Å². The van der Waals surface area contributed by atoms with Crippen molar-refractivity contribution in [2.75, 3.05) is 53.6 Å². The van der Waals surface area contributed by atoms with Crippen LogP contribution in [-0.2, 0) is 33.0 Å². The van der Waals surface area contributed by atoms with Crippen LogP contribution >= 0.6 is 0 Å². The van der Waals surface area contributed by atoms with Crippen LogP contribution in [0.4, 0.5) is 0 Å². The maximum atomic E-state index is 8.52. The van der Waals surface area contributed by atoms with Gasteiger partial charge >= 0.3 is 0 Å². The molecule has 9 heteroatoms. The molecule has 4 unspecified atom stereocenters. The Morgan fingerprint density at radius 2 is 1.11 bits per heavy atom. The molecule has 2 heterocycles. The Morgan fingerprint density at radius 3 is 1.41 bits per heavy atom. The molecule has 0 aromatic heterocycles. The van der Waals surface area contributed by atoms with Crippen LogP contribution in [-0.4, -0.2) is 92.2 Å². The van der Waals surface area contributed by atoms with Gasteiger partial charge in [0.25, 0.3) is 0 Å². The zero-order valence-electron chi connectivity index (χ0n) is 21.9. The Balaban J connectivity index is 0.000000221. The summed E-state index contributed by atoms with van der Waals surface area (Å²) in [7, 11) is -0.580. The fraction of sp³-hybridized carbons (Fsp3) is 0.429. The highest BCUT2D eigenvalue weighted by Crippen LogP contribution is 2.22. The highest BCUT2D eigenvalue weighted by molar-refractivity contribution is 7.79. The van der Waals surface area contributed by atoms with E-state index in [0.29, 0.717) is 12.1 Å². The van der Waals surface area contributed by atoms with E-state index in [1.165, 1.54) is 11.1 Å². The molecule has 2 aliphatic heterocycles. The summed E-state index contributed by atoms with van der Waals surface area (Å²) < 4.78 is 47.1. The van der Waals surface area contributed by atoms with E-state index in [4.69, 9.17) is 27.0 Å². The van der Waals surface area contributed by atoms with Crippen LogP contribution in [0.1, 0.15) is 11.1 Å². The molecule has 2 saturated heterocycles. The molecular formula is C28H40N2O6S. The third-order valence-corrected chi connectivity index (χ3v) is 6.99. The van der Waals surface area contributed by atoms with Gasteiger partial charge in [-0.15, -0.1) is 0 Å². The minimum atomic E-state index is -5.17. The Labute approximate surface area is 222 Å². The van der Waals surface area contributed by atoms with Gasteiger partial charge in [0.15, 0.2) is 0 Å². The van der Waals surface area contributed by atoms with Crippen molar-refractivity contribution in [2.45, 2.75) is 25.2 Å². The highest BCUT2D eigenvalue weighted by atomic mass is 32.3. The molecular weight excluding hydrogens is 492 g/mol. The maximum Gasteiger partial charge on any atom is 0.131 e. The second kappa shape index (κ2) is 14.5. The Bertz CT molecular complexity index is 987. The van der Waals surface area contributed by atoms with E-state index in [1.54, 1.807) is 0 Å². The minimum absolute atomic E-state index is 0.411. The standard InChI is InChI=1S/2C14H20NO.H2O4S/c2*1-3-14-12-16-10-9-15(14,2)11-13-7-5-4-6-8-13;1-5(2,3)4/h2*3-8,14H,1,9-12H2,2H3;(H2,1,2,3,4)/q2*+1;/p-2. The molecule has 2 fully saturated rings. The average Bonchev–Trinajstić information content (AvgIpc) is 2.85. The van der Waals surface area contributed by atoms with Crippen molar-refractivity contribution < 1.29 is 36.0 Å². The lowest BCUT2D eigenvalue weighted by Crippen LogP contribution is -2.57. The van der Waals surface area contributed by atoms with Crippen LogP contribution in [0.25, 0.3) is 0 Å². The summed E-state index contributed by atoms with van der Waals surface area (Å²) in [5.41, 5.74) is 2.78. The second-order valence-electron chi connectivity index (χ2n) is 9.86. The van der Waals surface area contributed by atoms with Gasteiger partial charge in [-0.3, -0.25) is 8.42 Å². The zero-order chi connectivity index (χ0) is 27.4. The van der Waals surface area contributed by atoms with Crippen molar-refractivity contribution in [3.05, 3.63) is 97.1 Å². The van der Waals surface area contributed by atoms with Crippen LogP contribution < -0.4 is 0 Å². The highest BCUT2D eigenvalue weighted by Gasteiger charge is 2.35. The number of hydrogen-bond donors (Lipinski definition) is 0. The number of morpholine rings is 2. The third-order valence-electron chi connectivity index (χ3n) is 6.99. The number of nitrogens with zero attached hydrogens (tertiary/aromatic N) is 2. The first-order chi connectivity index (χ1) is 17.5. The number of quaternary nitrogens is 2. The van der Waals surface area contributed by atoms with Crippen molar-refractivity contribution in [2.24, 2.45) is 0 Å². The predicted molar refractivity (Wildman–Crippen MR) is 142 cm³/mol. The molecule has 2 aromatic carbocycles. The van der Waals surface area contributed by atoms with Crippen molar-refractivity contribution in [3.8, 4) is 0 Å². The van der Waals surface area contributed by atoms with Gasteiger partial charge in [-0.25, -0.2) is 0 Å². The van der Waals surface area contributed by atoms with Gasteiger partial charge in [0.2, 0.25) is 0 Å². The lowest BCUT2D eigenvalue weighted by molar-refractivity contribution is -0.947. The molecule has 0 aliphatic carbocycles. The molecule has 0 saturated carbocycles. The fourth-order valence-electron chi connectivity index (χ4n) is 4.68. The Hall–Kier alpha value is -2.37. The molecule has 8 nitrogen and oxygen atoms in total. The summed E-state index contributed by atoms with van der Waals surface area (Å²) in [6.45, 7) is 15.4. The van der Waals surface area contributed by atoms with Crippen LogP contribution in [0, 0.1) is 0 Å². The lowest BCUT2D eigenvalue weighted by atomic mass is 10.1. The predicted octanol–water partition coefficient (Wildman–Crippen LogP) is 3.10. The zero-order valence-corrected chi connectivity index (χ0v) is 22.7. The monoisotopic (exact) mass is 532 g/mol. The third kappa shape index (κ3) is 10.9. The fourth-order valence-corrected chi connectivity index (χ4v) is 4.68. The first-order valence-electron chi connectivity index (χ1n) is 12.3. The van der Waals surface area contributed by atoms with E-state index >= 15 is 0 Å². The summed E-state index contributed by atoms with van der Waals surface area (Å²) in [5, 5.41) is 0. The van der Waals surface area contributed by atoms with Crippen molar-refractivity contribution in [1.82, 2.24) is 0 Å². The molecule has 4 atom stereocenters. The molecule has 4 rings (SSSR count). The summed E-state index contributed by atoms with van der Waals surface area (Å²) in [6, 6.07) is 22.1. The molecule has 204 valence electrons. The van der Waals surface area contributed by atoms with Crippen LogP contribution in [0.15, 0.2) is 86.0 Å². The number of hydrogen-bond acceptors (Lipinski definition) is 6. The molecule has 2 aromatic rings. The number of benzene rings is 2. The summed E-state index contributed by atoms with van der Waals surface area (Å²) in [5.74, 6) is 0. The van der Waals surface area contributed by atoms with E-state index in [0.717, 1.165) is 61.6 Å². The molecule has 0 radical (unpaired) electrons. The van der Waals surface area contributed by atoms with Gasteiger partial charge in [0.1, 0.15) is 51.5 Å². The summed E-state index contributed by atoms with van der Waals surface area (Å²) in [6.07, 6.45) is 4.06. The largest absolute Gasteiger partial charge is 0.759 e. The van der Waals surface area contributed by atoms with E-state index in [9.17, 15) is 0 Å². The minimum Gasteiger partial charge on any atom is -0.759 e. The molecule has 37 heavy (non-hydrogen) atoms. The second-order valence-corrected chi connectivity index (χ2v) is 10.7. The van der Waals surface area contributed by atoms with Crippen LogP contribution in [0.2, 0.25) is 0 Å². The molecule has 2 aliphatic rings. The van der Waals surface area contributed by atoms with Gasteiger partial charge in [0.05, 0.1) is 27.3 Å². The van der Waals surface area contributed by atoms with Crippen LogP contribution in [0.5, 0.6) is 0 Å². The molecule has 0 amide bonds. The number of likely N-dealkylation sites (N-methyl/N-ethyl adjacent to an activating group) is 2. The molecule has 0 N–H and O–H groups in total. The summed E-state index contributed by atoms with van der Waals surface area (Å²) >= 11 is 0. The maximum absolute atomic E-state index is 8.52. The van der Waals surface area contributed by atoms with Gasteiger partial charge in [0, 0.05) is 21.5 Å². The first-order valence-corrected chi connectivity index (χ1v) is 13.7. The van der Waals surface area contributed by atoms with Gasteiger partial charge in [-0.05, 0) is 12.2 Å². The smallest absolute Gasteiger partial charge is 0.131 e. The van der Waals surface area contributed by atoms with Gasteiger partial charge in [-0.2, -0.15) is 0 Å². The molecule has 0 spiro atoms. The molecule has 0 bridgehead atoms. The van der Waals surface area contributed by atoms with Crippen LogP contribution in [0.3, 0.4) is 0 Å².